The smallest absolute Gasteiger partial charge is 0.272 e. The fraction of sp³-hybridized carbons (Fsp3) is 0.400. The van der Waals surface area contributed by atoms with Crippen LogP contribution in [0.5, 0.6) is 0 Å². The molecule has 1 aliphatic heterocycles. The quantitative estimate of drug-likeness (QED) is 0.551. The molecule has 80 valence electrons. The van der Waals surface area contributed by atoms with Crippen LogP contribution in [0.1, 0.15) is 17.2 Å². The van der Waals surface area contributed by atoms with Crippen molar-refractivity contribution in [3.63, 3.8) is 0 Å². The average Bonchev–Trinajstić information content (AvgIpc) is 2.70. The predicted molar refractivity (Wildman–Crippen MR) is 52.5 cm³/mol. The summed E-state index contributed by atoms with van der Waals surface area (Å²) in [5, 5.41) is 10.7. The van der Waals surface area contributed by atoms with Gasteiger partial charge in [0.15, 0.2) is 0 Å². The molecule has 0 bridgehead atoms. The second-order valence-corrected chi connectivity index (χ2v) is 3.39. The van der Waals surface area contributed by atoms with E-state index >= 15 is 0 Å². The van der Waals surface area contributed by atoms with Crippen LogP contribution < -0.4 is 0 Å². The molecule has 1 fully saturated rings. The first kappa shape index (κ1) is 10.1. The van der Waals surface area contributed by atoms with Gasteiger partial charge in [-0.1, -0.05) is 12.1 Å². The third kappa shape index (κ3) is 1.84. The van der Waals surface area contributed by atoms with Crippen molar-refractivity contribution < 1.29 is 14.4 Å². The van der Waals surface area contributed by atoms with Crippen molar-refractivity contribution in [2.75, 3.05) is 13.4 Å². The highest BCUT2D eigenvalue weighted by Gasteiger charge is 2.23. The first-order valence-electron chi connectivity index (χ1n) is 4.63. The van der Waals surface area contributed by atoms with Crippen molar-refractivity contribution in [1.82, 2.24) is 0 Å². The molecule has 1 unspecified atom stereocenters. The molecule has 1 heterocycles. The van der Waals surface area contributed by atoms with E-state index in [4.69, 9.17) is 9.47 Å². The topological polar surface area (TPSA) is 61.6 Å². The Balaban J connectivity index is 2.39. The summed E-state index contributed by atoms with van der Waals surface area (Å²) >= 11 is 0. The molecule has 5 nitrogen and oxygen atoms in total. The van der Waals surface area contributed by atoms with Gasteiger partial charge < -0.3 is 9.47 Å². The fourth-order valence-corrected chi connectivity index (χ4v) is 1.70. The van der Waals surface area contributed by atoms with Crippen LogP contribution in [0.2, 0.25) is 0 Å². The van der Waals surface area contributed by atoms with E-state index in [2.05, 4.69) is 0 Å². The van der Waals surface area contributed by atoms with E-state index in [1.807, 2.05) is 6.07 Å². The van der Waals surface area contributed by atoms with Gasteiger partial charge in [0.25, 0.3) is 5.69 Å². The van der Waals surface area contributed by atoms with Gasteiger partial charge in [0, 0.05) is 11.6 Å². The third-order valence-electron chi connectivity index (χ3n) is 2.51. The normalized spacial score (nSPS) is 20.5. The minimum Gasteiger partial charge on any atom is -0.352 e. The molecule has 0 aromatic heterocycles. The number of hydrogen-bond acceptors (Lipinski definition) is 4. The molecule has 2 rings (SSSR count). The molecular weight excluding hydrogens is 198 g/mol. The Kier molecular flexibility index (Phi) is 2.66. The van der Waals surface area contributed by atoms with Crippen LogP contribution in [0.15, 0.2) is 18.2 Å². The van der Waals surface area contributed by atoms with Gasteiger partial charge in [-0.3, -0.25) is 10.1 Å². The molecular formula is C10H11NO4. The van der Waals surface area contributed by atoms with E-state index in [1.165, 1.54) is 6.07 Å². The van der Waals surface area contributed by atoms with E-state index in [-0.39, 0.29) is 23.5 Å². The minimum absolute atomic E-state index is 0.128. The lowest BCUT2D eigenvalue weighted by Gasteiger charge is -2.10. The number of hydrogen-bond donors (Lipinski definition) is 0. The summed E-state index contributed by atoms with van der Waals surface area (Å²) < 4.78 is 10.4. The zero-order valence-electron chi connectivity index (χ0n) is 8.30. The number of nitro benzene ring substituents is 1. The summed E-state index contributed by atoms with van der Waals surface area (Å²) in [5.41, 5.74) is 1.61. The van der Waals surface area contributed by atoms with E-state index in [0.29, 0.717) is 12.2 Å². The molecule has 0 radical (unpaired) electrons. The third-order valence-corrected chi connectivity index (χ3v) is 2.51. The van der Waals surface area contributed by atoms with E-state index in [9.17, 15) is 10.1 Å². The Labute approximate surface area is 86.8 Å². The first-order valence-corrected chi connectivity index (χ1v) is 4.63. The van der Waals surface area contributed by atoms with E-state index < -0.39 is 0 Å². The zero-order chi connectivity index (χ0) is 10.8. The Morgan fingerprint density at radius 2 is 2.33 bits per heavy atom. The predicted octanol–water partition coefficient (Wildman–Crippen LogP) is 1.95. The highest BCUT2D eigenvalue weighted by Crippen LogP contribution is 2.30. The minimum atomic E-state index is -0.380. The second-order valence-electron chi connectivity index (χ2n) is 3.39. The maximum Gasteiger partial charge on any atom is 0.272 e. The maximum absolute atomic E-state index is 10.7. The molecule has 5 heteroatoms. The molecule has 0 aliphatic carbocycles. The lowest BCUT2D eigenvalue weighted by atomic mass is 10.0. The first-order chi connectivity index (χ1) is 7.20. The van der Waals surface area contributed by atoms with Gasteiger partial charge in [-0.05, 0) is 12.5 Å². The second kappa shape index (κ2) is 3.96. The van der Waals surface area contributed by atoms with Crippen molar-refractivity contribution in [2.24, 2.45) is 0 Å². The molecule has 0 spiro atoms. The monoisotopic (exact) mass is 209 g/mol. The summed E-state index contributed by atoms with van der Waals surface area (Å²) in [6.45, 7) is 2.45. The molecule has 0 N–H and O–H groups in total. The number of nitro groups is 1. The number of ether oxygens (including phenoxy) is 2. The van der Waals surface area contributed by atoms with Gasteiger partial charge in [-0.25, -0.2) is 0 Å². The van der Waals surface area contributed by atoms with Crippen LogP contribution in [0.3, 0.4) is 0 Å². The summed E-state index contributed by atoms with van der Waals surface area (Å²) in [6.07, 6.45) is -0.176. The summed E-state index contributed by atoms with van der Waals surface area (Å²) in [5.74, 6) is 0. The van der Waals surface area contributed by atoms with Crippen molar-refractivity contribution in [3.8, 4) is 0 Å². The molecule has 0 amide bonds. The molecule has 1 atom stereocenters. The number of benzene rings is 1. The Morgan fingerprint density at radius 3 is 2.93 bits per heavy atom. The summed E-state index contributed by atoms with van der Waals surface area (Å²) in [6, 6.07) is 5.00. The largest absolute Gasteiger partial charge is 0.352 e. The lowest BCUT2D eigenvalue weighted by molar-refractivity contribution is -0.385. The van der Waals surface area contributed by atoms with Gasteiger partial charge >= 0.3 is 0 Å². The average molecular weight is 209 g/mol. The molecule has 0 saturated carbocycles. The summed E-state index contributed by atoms with van der Waals surface area (Å²) in [4.78, 5) is 10.3. The van der Waals surface area contributed by atoms with Crippen LogP contribution in [0.25, 0.3) is 0 Å². The number of rotatable bonds is 2. The van der Waals surface area contributed by atoms with E-state index in [0.717, 1.165) is 5.56 Å². The van der Waals surface area contributed by atoms with Gasteiger partial charge in [-0.15, -0.1) is 0 Å². The van der Waals surface area contributed by atoms with Gasteiger partial charge in [0.2, 0.25) is 0 Å². The van der Waals surface area contributed by atoms with Crippen molar-refractivity contribution in [1.29, 1.82) is 0 Å². The van der Waals surface area contributed by atoms with Crippen molar-refractivity contribution in [2.45, 2.75) is 13.0 Å². The van der Waals surface area contributed by atoms with Crippen molar-refractivity contribution >= 4 is 5.69 Å². The molecule has 1 aliphatic rings. The Bertz CT molecular complexity index is 385. The van der Waals surface area contributed by atoms with Gasteiger partial charge in [-0.2, -0.15) is 0 Å². The highest BCUT2D eigenvalue weighted by atomic mass is 16.7. The Morgan fingerprint density at radius 1 is 1.53 bits per heavy atom. The SMILES string of the molecule is Cc1c(C2COCO2)cccc1[N+](=O)[O-]. The summed E-state index contributed by atoms with van der Waals surface area (Å²) in [7, 11) is 0. The van der Waals surface area contributed by atoms with Crippen LogP contribution in [0.4, 0.5) is 5.69 Å². The van der Waals surface area contributed by atoms with Crippen molar-refractivity contribution in [3.05, 3.63) is 39.4 Å². The number of nitrogens with zero attached hydrogens (tertiary/aromatic N) is 1. The van der Waals surface area contributed by atoms with Crippen LogP contribution in [0, 0.1) is 17.0 Å². The van der Waals surface area contributed by atoms with Gasteiger partial charge in [0.1, 0.15) is 12.9 Å². The Hall–Kier alpha value is -1.46. The molecule has 15 heavy (non-hydrogen) atoms. The van der Waals surface area contributed by atoms with Crippen LogP contribution in [-0.4, -0.2) is 18.3 Å². The lowest BCUT2D eigenvalue weighted by Crippen LogP contribution is -2.04. The standard InChI is InChI=1S/C10H11NO4/c1-7-8(10-5-14-6-15-10)3-2-4-9(7)11(12)13/h2-4,10H,5-6H2,1H3. The van der Waals surface area contributed by atoms with Gasteiger partial charge in [0.05, 0.1) is 11.5 Å². The van der Waals surface area contributed by atoms with Crippen LogP contribution in [-0.2, 0) is 9.47 Å². The zero-order valence-corrected chi connectivity index (χ0v) is 8.30. The fourth-order valence-electron chi connectivity index (χ4n) is 1.70. The highest BCUT2D eigenvalue weighted by molar-refractivity contribution is 5.45. The molecule has 1 saturated heterocycles. The van der Waals surface area contributed by atoms with Crippen LogP contribution >= 0.6 is 0 Å². The molecule has 1 aromatic carbocycles. The molecule has 1 aromatic rings. The van der Waals surface area contributed by atoms with E-state index in [1.54, 1.807) is 13.0 Å². The maximum atomic E-state index is 10.7.